The number of carbonyl (C=O) groups is 2. The Balaban J connectivity index is 1.45. The Hall–Kier alpha value is -3.12. The lowest BCUT2D eigenvalue weighted by Gasteiger charge is -2.30. The summed E-state index contributed by atoms with van der Waals surface area (Å²) in [6.45, 7) is 2.02. The molecule has 6 heteroatoms. The standard InChI is InChI=1S/C23H24N2O4/c26-21(11-10-18-16-24-20-9-5-4-8-19(18)20)29-22(17-6-2-1-3-7-17)23(27)25-12-14-28-15-13-25/h1-9,16,22,24H,10-15H2/t22-/m0/s1. The van der Waals surface area contributed by atoms with Gasteiger partial charge in [0.05, 0.1) is 13.2 Å². The number of aromatic nitrogens is 1. The second kappa shape index (κ2) is 8.92. The smallest absolute Gasteiger partial charge is 0.307 e. The van der Waals surface area contributed by atoms with Gasteiger partial charge in [0.15, 0.2) is 0 Å². The maximum absolute atomic E-state index is 13.0. The van der Waals surface area contributed by atoms with Gasteiger partial charge in [-0.15, -0.1) is 0 Å². The van der Waals surface area contributed by atoms with Crippen molar-refractivity contribution in [3.8, 4) is 0 Å². The van der Waals surface area contributed by atoms with E-state index in [9.17, 15) is 9.59 Å². The molecule has 0 spiro atoms. The van der Waals surface area contributed by atoms with E-state index >= 15 is 0 Å². The lowest BCUT2D eigenvalue weighted by Crippen LogP contribution is -2.44. The number of rotatable bonds is 6. The first-order valence-electron chi connectivity index (χ1n) is 9.88. The predicted octanol–water partition coefficient (Wildman–Crippen LogP) is 3.24. The Labute approximate surface area is 169 Å². The summed E-state index contributed by atoms with van der Waals surface area (Å²) in [7, 11) is 0. The van der Waals surface area contributed by atoms with Crippen molar-refractivity contribution in [1.82, 2.24) is 9.88 Å². The molecule has 1 aliphatic heterocycles. The highest BCUT2D eigenvalue weighted by Crippen LogP contribution is 2.23. The molecule has 1 fully saturated rings. The molecule has 0 aliphatic carbocycles. The van der Waals surface area contributed by atoms with Crippen molar-refractivity contribution in [2.45, 2.75) is 18.9 Å². The van der Waals surface area contributed by atoms with Crippen LogP contribution in [-0.4, -0.2) is 48.1 Å². The molecule has 150 valence electrons. The van der Waals surface area contributed by atoms with Gasteiger partial charge in [-0.05, 0) is 18.1 Å². The fourth-order valence-electron chi connectivity index (χ4n) is 3.60. The van der Waals surface area contributed by atoms with Gasteiger partial charge in [-0.25, -0.2) is 0 Å². The minimum atomic E-state index is -0.926. The van der Waals surface area contributed by atoms with Gasteiger partial charge in [-0.1, -0.05) is 48.5 Å². The van der Waals surface area contributed by atoms with Gasteiger partial charge in [0.2, 0.25) is 6.10 Å². The Morgan fingerprint density at radius 3 is 2.55 bits per heavy atom. The first-order valence-corrected chi connectivity index (χ1v) is 9.88. The predicted molar refractivity (Wildman–Crippen MR) is 109 cm³/mol. The van der Waals surface area contributed by atoms with Crippen molar-refractivity contribution in [3.63, 3.8) is 0 Å². The minimum absolute atomic E-state index is 0.194. The summed E-state index contributed by atoms with van der Waals surface area (Å²) >= 11 is 0. The Morgan fingerprint density at radius 2 is 1.76 bits per heavy atom. The monoisotopic (exact) mass is 392 g/mol. The number of nitrogens with one attached hydrogen (secondary N) is 1. The van der Waals surface area contributed by atoms with Crippen molar-refractivity contribution in [3.05, 3.63) is 71.9 Å². The normalized spacial score (nSPS) is 15.2. The molecule has 1 atom stereocenters. The van der Waals surface area contributed by atoms with Crippen LogP contribution in [0.3, 0.4) is 0 Å². The van der Waals surface area contributed by atoms with Crippen LogP contribution in [0.25, 0.3) is 10.9 Å². The van der Waals surface area contributed by atoms with Gasteiger partial charge in [0.1, 0.15) is 0 Å². The number of para-hydroxylation sites is 1. The molecular weight excluding hydrogens is 368 g/mol. The van der Waals surface area contributed by atoms with Crippen molar-refractivity contribution in [2.75, 3.05) is 26.3 Å². The molecule has 1 aliphatic rings. The van der Waals surface area contributed by atoms with Crippen LogP contribution in [0.1, 0.15) is 23.7 Å². The summed E-state index contributed by atoms with van der Waals surface area (Å²) in [5.41, 5.74) is 2.79. The highest BCUT2D eigenvalue weighted by atomic mass is 16.5. The molecule has 0 radical (unpaired) electrons. The van der Waals surface area contributed by atoms with Crippen molar-refractivity contribution < 1.29 is 19.1 Å². The summed E-state index contributed by atoms with van der Waals surface area (Å²) in [5.74, 6) is -0.578. The number of morpholine rings is 1. The van der Waals surface area contributed by atoms with Crippen LogP contribution in [0.5, 0.6) is 0 Å². The number of hydrogen-bond acceptors (Lipinski definition) is 4. The average molecular weight is 392 g/mol. The third-order valence-electron chi connectivity index (χ3n) is 5.17. The number of ether oxygens (including phenoxy) is 2. The van der Waals surface area contributed by atoms with Crippen LogP contribution in [0.15, 0.2) is 60.8 Å². The second-order valence-electron chi connectivity index (χ2n) is 7.08. The van der Waals surface area contributed by atoms with Gasteiger partial charge in [0.25, 0.3) is 5.91 Å². The largest absolute Gasteiger partial charge is 0.447 e. The van der Waals surface area contributed by atoms with Crippen LogP contribution in [0, 0.1) is 0 Å². The van der Waals surface area contributed by atoms with E-state index in [-0.39, 0.29) is 18.3 Å². The van der Waals surface area contributed by atoms with E-state index in [4.69, 9.17) is 9.47 Å². The van der Waals surface area contributed by atoms with Gasteiger partial charge in [-0.3, -0.25) is 9.59 Å². The number of benzene rings is 2. The van der Waals surface area contributed by atoms with E-state index in [1.54, 1.807) is 4.90 Å². The maximum atomic E-state index is 13.0. The van der Waals surface area contributed by atoms with E-state index in [0.29, 0.717) is 38.3 Å². The number of H-pyrrole nitrogens is 1. The van der Waals surface area contributed by atoms with Crippen LogP contribution < -0.4 is 0 Å². The molecule has 0 saturated carbocycles. The van der Waals surface area contributed by atoms with Crippen LogP contribution >= 0.6 is 0 Å². The van der Waals surface area contributed by atoms with Crippen molar-refractivity contribution >= 4 is 22.8 Å². The van der Waals surface area contributed by atoms with Gasteiger partial charge < -0.3 is 19.4 Å². The zero-order valence-corrected chi connectivity index (χ0v) is 16.2. The highest BCUT2D eigenvalue weighted by molar-refractivity contribution is 5.86. The Bertz CT molecular complexity index is 977. The number of hydrogen-bond donors (Lipinski definition) is 1. The SMILES string of the molecule is O=C(CCc1c[nH]c2ccccc12)O[C@H](C(=O)N1CCOCC1)c1ccccc1. The summed E-state index contributed by atoms with van der Waals surface area (Å²) < 4.78 is 11.0. The van der Waals surface area contributed by atoms with E-state index in [1.807, 2.05) is 60.8 Å². The molecule has 1 N–H and O–H groups in total. The number of fused-ring (bicyclic) bond motifs is 1. The number of amides is 1. The Morgan fingerprint density at radius 1 is 1.03 bits per heavy atom. The molecule has 3 aromatic rings. The van der Waals surface area contributed by atoms with Crippen LogP contribution in [0.4, 0.5) is 0 Å². The third kappa shape index (κ3) is 4.49. The number of aromatic amines is 1. The molecule has 29 heavy (non-hydrogen) atoms. The first kappa shape index (κ1) is 19.2. The molecule has 0 unspecified atom stereocenters. The van der Waals surface area contributed by atoms with E-state index in [1.165, 1.54) is 0 Å². The number of aryl methyl sites for hydroxylation is 1. The van der Waals surface area contributed by atoms with Crippen LogP contribution in [-0.2, 0) is 25.5 Å². The number of carbonyl (C=O) groups excluding carboxylic acids is 2. The lowest BCUT2D eigenvalue weighted by molar-refractivity contribution is -0.162. The second-order valence-corrected chi connectivity index (χ2v) is 7.08. The molecule has 6 nitrogen and oxygen atoms in total. The molecule has 1 amide bonds. The van der Waals surface area contributed by atoms with E-state index in [0.717, 1.165) is 16.5 Å². The van der Waals surface area contributed by atoms with E-state index in [2.05, 4.69) is 4.98 Å². The molecular formula is C23H24N2O4. The molecule has 2 heterocycles. The quantitative estimate of drug-likeness (QED) is 0.654. The fourth-order valence-corrected chi connectivity index (χ4v) is 3.60. The summed E-state index contributed by atoms with van der Waals surface area (Å²) in [6, 6.07) is 17.2. The van der Waals surface area contributed by atoms with Gasteiger partial charge in [0, 0.05) is 42.2 Å². The topological polar surface area (TPSA) is 71.6 Å². The number of nitrogens with zero attached hydrogens (tertiary/aromatic N) is 1. The molecule has 1 saturated heterocycles. The summed E-state index contributed by atoms with van der Waals surface area (Å²) in [5, 5.41) is 1.10. The van der Waals surface area contributed by atoms with Crippen molar-refractivity contribution in [2.24, 2.45) is 0 Å². The number of esters is 1. The van der Waals surface area contributed by atoms with Crippen LogP contribution in [0.2, 0.25) is 0 Å². The minimum Gasteiger partial charge on any atom is -0.447 e. The summed E-state index contributed by atoms with van der Waals surface area (Å²) in [6.07, 6.45) is 1.76. The van der Waals surface area contributed by atoms with Gasteiger partial charge in [-0.2, -0.15) is 0 Å². The molecule has 0 bridgehead atoms. The fraction of sp³-hybridized carbons (Fsp3) is 0.304. The molecule has 4 rings (SSSR count). The Kier molecular flexibility index (Phi) is 5.91. The zero-order chi connectivity index (χ0) is 20.1. The average Bonchev–Trinajstić information content (AvgIpc) is 3.20. The summed E-state index contributed by atoms with van der Waals surface area (Å²) in [4.78, 5) is 30.6. The molecule has 2 aromatic carbocycles. The zero-order valence-electron chi connectivity index (χ0n) is 16.2. The third-order valence-corrected chi connectivity index (χ3v) is 5.17. The first-order chi connectivity index (χ1) is 14.2. The molecule has 1 aromatic heterocycles. The maximum Gasteiger partial charge on any atom is 0.307 e. The van der Waals surface area contributed by atoms with Gasteiger partial charge >= 0.3 is 5.97 Å². The van der Waals surface area contributed by atoms with Crippen molar-refractivity contribution in [1.29, 1.82) is 0 Å². The van der Waals surface area contributed by atoms with E-state index < -0.39 is 6.10 Å². The lowest BCUT2D eigenvalue weighted by atomic mass is 10.1. The highest BCUT2D eigenvalue weighted by Gasteiger charge is 2.30.